The van der Waals surface area contributed by atoms with Crippen LogP contribution in [0.25, 0.3) is 0 Å². The molecule has 35 heavy (non-hydrogen) atoms. The highest BCUT2D eigenvalue weighted by atomic mass is 19.2. The second-order valence-electron chi connectivity index (χ2n) is 9.26. The normalized spacial score (nSPS) is 20.3. The highest BCUT2D eigenvalue weighted by molar-refractivity contribution is 6.07. The number of alkyl carbamates (subject to hydrolysis) is 1. The molecule has 0 aromatic heterocycles. The minimum Gasteiger partial charge on any atom is -0.450 e. The number of amidine groups is 1. The summed E-state index contributed by atoms with van der Waals surface area (Å²) in [6.07, 6.45) is 5.75. The summed E-state index contributed by atoms with van der Waals surface area (Å²) in [7, 11) is 0. The predicted octanol–water partition coefficient (Wildman–Crippen LogP) is 6.00. The van der Waals surface area contributed by atoms with Gasteiger partial charge in [0.1, 0.15) is 5.84 Å². The summed E-state index contributed by atoms with van der Waals surface area (Å²) in [5.74, 6) is -1.32. The predicted molar refractivity (Wildman–Crippen MR) is 130 cm³/mol. The van der Waals surface area contributed by atoms with E-state index < -0.39 is 23.6 Å². The van der Waals surface area contributed by atoms with Gasteiger partial charge in [-0.05, 0) is 87.1 Å². The van der Waals surface area contributed by atoms with Crippen molar-refractivity contribution in [1.29, 1.82) is 0 Å². The molecule has 2 amide bonds. The van der Waals surface area contributed by atoms with E-state index in [0.29, 0.717) is 24.8 Å². The van der Waals surface area contributed by atoms with E-state index in [0.717, 1.165) is 61.9 Å². The maximum absolute atomic E-state index is 13.7. The van der Waals surface area contributed by atoms with Crippen molar-refractivity contribution in [3.63, 3.8) is 0 Å². The summed E-state index contributed by atoms with van der Waals surface area (Å²) in [5, 5.41) is 5.75. The van der Waals surface area contributed by atoms with Gasteiger partial charge >= 0.3 is 6.09 Å². The number of ether oxygens (including phenoxy) is 1. The molecule has 186 valence electrons. The number of halogens is 2. The van der Waals surface area contributed by atoms with Gasteiger partial charge in [0.2, 0.25) is 0 Å². The van der Waals surface area contributed by atoms with Crippen LogP contribution >= 0.6 is 0 Å². The summed E-state index contributed by atoms with van der Waals surface area (Å²) >= 11 is 0. The molecule has 2 fully saturated rings. The van der Waals surface area contributed by atoms with E-state index in [4.69, 9.17) is 9.73 Å². The molecule has 2 N–H and O–H groups in total. The number of hydrogen-bond donors (Lipinski definition) is 2. The van der Waals surface area contributed by atoms with Crippen LogP contribution in [0.3, 0.4) is 0 Å². The number of para-hydroxylation sites is 1. The van der Waals surface area contributed by atoms with Gasteiger partial charge in [-0.2, -0.15) is 0 Å². The maximum Gasteiger partial charge on any atom is 0.407 e. The van der Waals surface area contributed by atoms with Crippen LogP contribution in [-0.4, -0.2) is 30.5 Å². The third-order valence-corrected chi connectivity index (χ3v) is 6.58. The average Bonchev–Trinajstić information content (AvgIpc) is 3.68. The molecule has 2 aliphatic carbocycles. The largest absolute Gasteiger partial charge is 0.450 e. The third kappa shape index (κ3) is 6.87. The standard InChI is InChI=1S/C27H31F2N3O3/c1-2-35-27(34)30-20-12-7-17(8-13-20)15-25(31-24-6-4-3-5-21(24)18-9-10-18)32-26(33)19-11-14-22(28)23(29)16-19/h3-6,11,14,16-18,20H,2,7-10,12-13,15H2,1H3,(H,30,34)(H,31,32,33). The van der Waals surface area contributed by atoms with Crippen LogP contribution in [0.5, 0.6) is 0 Å². The number of benzene rings is 2. The van der Waals surface area contributed by atoms with Crippen molar-refractivity contribution in [2.24, 2.45) is 10.9 Å². The van der Waals surface area contributed by atoms with E-state index in [9.17, 15) is 18.4 Å². The zero-order valence-corrected chi connectivity index (χ0v) is 19.9. The third-order valence-electron chi connectivity index (χ3n) is 6.58. The van der Waals surface area contributed by atoms with Crippen LogP contribution in [0.15, 0.2) is 47.5 Å². The lowest BCUT2D eigenvalue weighted by atomic mass is 9.84. The molecule has 0 bridgehead atoms. The van der Waals surface area contributed by atoms with Crippen molar-refractivity contribution in [2.45, 2.75) is 63.8 Å². The molecule has 6 nitrogen and oxygen atoms in total. The van der Waals surface area contributed by atoms with E-state index >= 15 is 0 Å². The van der Waals surface area contributed by atoms with E-state index in [2.05, 4.69) is 16.7 Å². The van der Waals surface area contributed by atoms with E-state index in [1.165, 1.54) is 6.07 Å². The fourth-order valence-corrected chi connectivity index (χ4v) is 4.56. The molecule has 2 aromatic carbocycles. The smallest absolute Gasteiger partial charge is 0.407 e. The molecule has 2 aliphatic rings. The Morgan fingerprint density at radius 1 is 1.00 bits per heavy atom. The Balaban J connectivity index is 1.48. The van der Waals surface area contributed by atoms with Crippen molar-refractivity contribution in [2.75, 3.05) is 6.61 Å². The summed E-state index contributed by atoms with van der Waals surface area (Å²) in [4.78, 5) is 29.4. The van der Waals surface area contributed by atoms with Gasteiger partial charge in [-0.15, -0.1) is 0 Å². The molecule has 8 heteroatoms. The Morgan fingerprint density at radius 3 is 2.43 bits per heavy atom. The highest BCUT2D eigenvalue weighted by Gasteiger charge is 2.27. The zero-order valence-electron chi connectivity index (χ0n) is 19.9. The van der Waals surface area contributed by atoms with Crippen LogP contribution in [0.1, 0.15) is 73.7 Å². The first-order chi connectivity index (χ1) is 16.9. The van der Waals surface area contributed by atoms with Crippen molar-refractivity contribution >= 4 is 23.5 Å². The molecule has 0 spiro atoms. The van der Waals surface area contributed by atoms with Crippen molar-refractivity contribution in [3.05, 3.63) is 65.2 Å². The molecule has 2 saturated carbocycles. The number of carbonyl (C=O) groups excluding carboxylic acids is 2. The maximum atomic E-state index is 13.7. The highest BCUT2D eigenvalue weighted by Crippen LogP contribution is 2.44. The zero-order chi connectivity index (χ0) is 24.8. The van der Waals surface area contributed by atoms with Gasteiger partial charge < -0.3 is 15.4 Å². The fourth-order valence-electron chi connectivity index (χ4n) is 4.56. The number of carbonyl (C=O) groups is 2. The summed E-state index contributed by atoms with van der Waals surface area (Å²) in [6, 6.07) is 11.1. The lowest BCUT2D eigenvalue weighted by Gasteiger charge is -2.29. The second-order valence-corrected chi connectivity index (χ2v) is 9.26. The fraction of sp³-hybridized carbons (Fsp3) is 0.444. The Labute approximate surface area is 204 Å². The molecule has 4 rings (SSSR count). The van der Waals surface area contributed by atoms with Crippen LogP contribution < -0.4 is 10.6 Å². The van der Waals surface area contributed by atoms with Crippen molar-refractivity contribution < 1.29 is 23.1 Å². The Kier molecular flexibility index (Phi) is 8.10. The molecule has 2 aromatic rings. The van der Waals surface area contributed by atoms with Crippen LogP contribution in [0.4, 0.5) is 19.3 Å². The molecular weight excluding hydrogens is 452 g/mol. The number of nitrogens with zero attached hydrogens (tertiary/aromatic N) is 1. The summed E-state index contributed by atoms with van der Waals surface area (Å²) in [5.41, 5.74) is 2.03. The molecule has 0 saturated heterocycles. The van der Waals surface area contributed by atoms with Gasteiger partial charge in [-0.3, -0.25) is 4.79 Å². The first-order valence-electron chi connectivity index (χ1n) is 12.3. The van der Waals surface area contributed by atoms with Crippen molar-refractivity contribution in [1.82, 2.24) is 10.6 Å². The van der Waals surface area contributed by atoms with Crippen LogP contribution in [0.2, 0.25) is 0 Å². The molecule has 0 atom stereocenters. The van der Waals surface area contributed by atoms with Crippen molar-refractivity contribution in [3.8, 4) is 0 Å². The number of aliphatic imine (C=N–C) groups is 1. The number of amides is 2. The van der Waals surface area contributed by atoms with Gasteiger partial charge in [0.15, 0.2) is 11.6 Å². The van der Waals surface area contributed by atoms with E-state index in [1.807, 2.05) is 18.2 Å². The minimum absolute atomic E-state index is 0.0365. The van der Waals surface area contributed by atoms with Crippen LogP contribution in [-0.2, 0) is 4.74 Å². The molecule has 0 aliphatic heterocycles. The Morgan fingerprint density at radius 2 is 1.74 bits per heavy atom. The molecule has 0 unspecified atom stereocenters. The van der Waals surface area contributed by atoms with E-state index in [1.54, 1.807) is 6.92 Å². The second kappa shape index (κ2) is 11.4. The molecule has 0 heterocycles. The summed E-state index contributed by atoms with van der Waals surface area (Å²) < 4.78 is 32.0. The lowest BCUT2D eigenvalue weighted by molar-refractivity contribution is 0.0974. The molecular formula is C27H31F2N3O3. The van der Waals surface area contributed by atoms with Crippen LogP contribution in [0, 0.1) is 17.6 Å². The first kappa shape index (κ1) is 24.8. The number of hydrogen-bond acceptors (Lipinski definition) is 4. The summed E-state index contributed by atoms with van der Waals surface area (Å²) in [6.45, 7) is 2.11. The van der Waals surface area contributed by atoms with Gasteiger partial charge in [0.25, 0.3) is 5.91 Å². The van der Waals surface area contributed by atoms with Gasteiger partial charge in [0, 0.05) is 18.0 Å². The monoisotopic (exact) mass is 483 g/mol. The van der Waals surface area contributed by atoms with Gasteiger partial charge in [0.05, 0.1) is 12.3 Å². The average molecular weight is 484 g/mol. The Bertz CT molecular complexity index is 1090. The SMILES string of the molecule is CCOC(=O)NC1CCC(CC(=Nc2ccccc2C2CC2)NC(=O)c2ccc(F)c(F)c2)CC1. The first-order valence-corrected chi connectivity index (χ1v) is 12.3. The number of rotatable bonds is 7. The minimum atomic E-state index is -1.07. The topological polar surface area (TPSA) is 79.8 Å². The quantitative estimate of drug-likeness (QED) is 0.375. The van der Waals surface area contributed by atoms with E-state index in [-0.39, 0.29) is 17.5 Å². The number of nitrogens with one attached hydrogen (secondary N) is 2. The van der Waals surface area contributed by atoms with Gasteiger partial charge in [-0.1, -0.05) is 18.2 Å². The lowest BCUT2D eigenvalue weighted by Crippen LogP contribution is -2.39. The Hall–Kier alpha value is -3.29. The molecule has 0 radical (unpaired) electrons. The van der Waals surface area contributed by atoms with Gasteiger partial charge in [-0.25, -0.2) is 18.6 Å².